The van der Waals surface area contributed by atoms with E-state index in [1.54, 1.807) is 17.0 Å². The van der Waals surface area contributed by atoms with Crippen LogP contribution in [0.2, 0.25) is 0 Å². The van der Waals surface area contributed by atoms with Gasteiger partial charge in [0.2, 0.25) is 0 Å². The molecule has 4 rings (SSSR count). The average Bonchev–Trinajstić information content (AvgIpc) is 3.12. The molecule has 3 heterocycles. The van der Waals surface area contributed by atoms with Crippen molar-refractivity contribution in [3.63, 3.8) is 0 Å². The van der Waals surface area contributed by atoms with Crippen LogP contribution in [0.1, 0.15) is 52.1 Å². The highest BCUT2D eigenvalue weighted by molar-refractivity contribution is 5.98. The van der Waals surface area contributed by atoms with Crippen LogP contribution < -0.4 is 0 Å². The molecule has 1 amide bonds. The van der Waals surface area contributed by atoms with Crippen molar-refractivity contribution < 1.29 is 14.0 Å². The highest BCUT2D eigenvalue weighted by atomic mass is 19.1. The number of nitrogens with zero attached hydrogens (tertiary/aromatic N) is 3. The fourth-order valence-electron chi connectivity index (χ4n) is 4.54. The summed E-state index contributed by atoms with van der Waals surface area (Å²) in [7, 11) is 1.84. The van der Waals surface area contributed by atoms with E-state index in [0.29, 0.717) is 12.1 Å². The molecule has 1 aromatic carbocycles. The van der Waals surface area contributed by atoms with Crippen LogP contribution >= 0.6 is 0 Å². The minimum absolute atomic E-state index is 0.0353. The van der Waals surface area contributed by atoms with E-state index in [4.69, 9.17) is 0 Å². The van der Waals surface area contributed by atoms with Crippen LogP contribution in [0, 0.1) is 11.7 Å². The number of likely N-dealkylation sites (N-methyl/N-ethyl adjacent to an activating group) is 1. The molecule has 0 bridgehead atoms. The summed E-state index contributed by atoms with van der Waals surface area (Å²) in [5.41, 5.74) is 2.40. The van der Waals surface area contributed by atoms with Gasteiger partial charge >= 0.3 is 0 Å². The van der Waals surface area contributed by atoms with Crippen molar-refractivity contribution in [1.29, 1.82) is 0 Å². The van der Waals surface area contributed by atoms with Crippen LogP contribution in [-0.2, 0) is 6.54 Å². The molecule has 2 aliphatic heterocycles. The second-order valence-corrected chi connectivity index (χ2v) is 8.60. The van der Waals surface area contributed by atoms with Crippen molar-refractivity contribution in [2.24, 2.45) is 5.92 Å². The number of piperidine rings is 1. The van der Waals surface area contributed by atoms with Gasteiger partial charge in [-0.3, -0.25) is 9.59 Å². The first kappa shape index (κ1) is 21.5. The number of ketones is 1. The monoisotopic (exact) mass is 423 g/mol. The molecule has 0 spiro atoms. The van der Waals surface area contributed by atoms with Crippen molar-refractivity contribution in [1.82, 2.24) is 14.4 Å². The normalized spacial score (nSPS) is 17.6. The maximum atomic E-state index is 13.1. The Morgan fingerprint density at radius 2 is 1.77 bits per heavy atom. The lowest BCUT2D eigenvalue weighted by atomic mass is 9.89. The number of amides is 1. The lowest BCUT2D eigenvalue weighted by Gasteiger charge is -2.31. The lowest BCUT2D eigenvalue weighted by molar-refractivity contribution is 0.0798. The van der Waals surface area contributed by atoms with Crippen molar-refractivity contribution in [2.75, 3.05) is 33.2 Å². The summed E-state index contributed by atoms with van der Waals surface area (Å²) in [5.74, 6) is -0.0576. The molecule has 31 heavy (non-hydrogen) atoms. The van der Waals surface area contributed by atoms with Gasteiger partial charge in [0.15, 0.2) is 5.78 Å². The number of unbranched alkanes of at least 4 members (excludes halogenated alkanes) is 1. The number of fused-ring (bicyclic) bond motifs is 1. The molecular weight excluding hydrogens is 393 g/mol. The Hall–Kier alpha value is -2.73. The zero-order chi connectivity index (χ0) is 21.8. The summed E-state index contributed by atoms with van der Waals surface area (Å²) in [6, 6.07) is 7.90. The first-order chi connectivity index (χ1) is 15.0. The zero-order valence-electron chi connectivity index (χ0n) is 18.1. The molecule has 0 atom stereocenters. The Morgan fingerprint density at radius 3 is 2.52 bits per heavy atom. The molecule has 2 aromatic rings. The molecule has 2 aliphatic rings. The average molecular weight is 424 g/mol. The van der Waals surface area contributed by atoms with Crippen LogP contribution in [0.3, 0.4) is 0 Å². The fraction of sp³-hybridized carbons (Fsp3) is 0.440. The van der Waals surface area contributed by atoms with Crippen LogP contribution in [0.5, 0.6) is 0 Å². The van der Waals surface area contributed by atoms with Gasteiger partial charge < -0.3 is 14.4 Å². The second kappa shape index (κ2) is 9.60. The highest BCUT2D eigenvalue weighted by Gasteiger charge is 2.26. The van der Waals surface area contributed by atoms with Crippen LogP contribution in [0.15, 0.2) is 42.6 Å². The third kappa shape index (κ3) is 4.96. The molecule has 0 aliphatic carbocycles. The smallest absolute Gasteiger partial charge is 0.271 e. The third-order valence-electron chi connectivity index (χ3n) is 6.43. The number of halogens is 1. The van der Waals surface area contributed by atoms with Crippen LogP contribution in [0.25, 0.3) is 6.08 Å². The molecule has 1 aromatic heterocycles. The second-order valence-electron chi connectivity index (χ2n) is 8.60. The molecular formula is C25H30FN3O2. The number of carbonyl (C=O) groups excluding carboxylic acids is 2. The van der Waals surface area contributed by atoms with Gasteiger partial charge in [-0.15, -0.1) is 0 Å². The van der Waals surface area contributed by atoms with E-state index in [1.807, 2.05) is 31.5 Å². The van der Waals surface area contributed by atoms with Crippen molar-refractivity contribution in [2.45, 2.75) is 32.2 Å². The minimum Gasteiger partial charge on any atom is -0.343 e. The Kier molecular flexibility index (Phi) is 6.66. The molecule has 5 nitrogen and oxygen atoms in total. The number of benzene rings is 1. The van der Waals surface area contributed by atoms with Gasteiger partial charge in [0.05, 0.1) is 0 Å². The molecule has 0 saturated carbocycles. The number of rotatable bonds is 7. The Morgan fingerprint density at radius 1 is 1.06 bits per heavy atom. The van der Waals surface area contributed by atoms with Gasteiger partial charge in [0.25, 0.3) is 5.91 Å². The van der Waals surface area contributed by atoms with Gasteiger partial charge in [0, 0.05) is 43.4 Å². The van der Waals surface area contributed by atoms with E-state index >= 15 is 0 Å². The van der Waals surface area contributed by atoms with Crippen molar-refractivity contribution in [3.05, 3.63) is 65.2 Å². The Balaban J connectivity index is 1.21. The topological polar surface area (TPSA) is 45.5 Å². The molecule has 1 saturated heterocycles. The first-order valence-corrected chi connectivity index (χ1v) is 11.2. The van der Waals surface area contributed by atoms with E-state index in [9.17, 15) is 14.0 Å². The standard InChI is InChI=1S/C25H30FN3O2/c1-27-13-4-5-19-12-18-29(23(19)25(27)31)15-3-2-14-28-16-10-21(11-17-28)24(30)20-6-8-22(26)9-7-20/h4-9,12,18,21H,2-3,10-11,13-17H2,1H3. The number of likely N-dealkylation sites (tertiary alicyclic amines) is 1. The maximum absolute atomic E-state index is 13.1. The Labute approximate surface area is 183 Å². The lowest BCUT2D eigenvalue weighted by Crippen LogP contribution is -2.37. The summed E-state index contributed by atoms with van der Waals surface area (Å²) in [5, 5.41) is 0. The first-order valence-electron chi connectivity index (χ1n) is 11.2. The molecule has 6 heteroatoms. The minimum atomic E-state index is -0.310. The van der Waals surface area contributed by atoms with Gasteiger partial charge in [0.1, 0.15) is 11.5 Å². The van der Waals surface area contributed by atoms with Gasteiger partial charge in [-0.25, -0.2) is 4.39 Å². The third-order valence-corrected chi connectivity index (χ3v) is 6.43. The molecule has 0 radical (unpaired) electrons. The molecule has 0 unspecified atom stereocenters. The van der Waals surface area contributed by atoms with E-state index in [1.165, 1.54) is 12.1 Å². The van der Waals surface area contributed by atoms with Crippen molar-refractivity contribution in [3.8, 4) is 0 Å². The summed E-state index contributed by atoms with van der Waals surface area (Å²) in [4.78, 5) is 29.4. The number of hydrogen-bond donors (Lipinski definition) is 0. The summed E-state index contributed by atoms with van der Waals surface area (Å²) in [6.07, 6.45) is 9.85. The Bertz CT molecular complexity index is 956. The van der Waals surface area contributed by atoms with Gasteiger partial charge in [-0.1, -0.05) is 12.2 Å². The van der Waals surface area contributed by atoms with Gasteiger partial charge in [-0.05, 0) is 75.6 Å². The number of aromatic nitrogens is 1. The van der Waals surface area contributed by atoms with E-state index < -0.39 is 0 Å². The van der Waals surface area contributed by atoms with E-state index in [-0.39, 0.29) is 23.4 Å². The van der Waals surface area contributed by atoms with Crippen LogP contribution in [0.4, 0.5) is 4.39 Å². The quantitative estimate of drug-likeness (QED) is 0.498. The number of aryl methyl sites for hydroxylation is 1. The SMILES string of the molecule is CN1CC=Cc2ccn(CCCCN3CCC(C(=O)c4ccc(F)cc4)CC3)c2C1=O. The largest absolute Gasteiger partial charge is 0.343 e. The summed E-state index contributed by atoms with van der Waals surface area (Å²) < 4.78 is 15.2. The van der Waals surface area contributed by atoms with Crippen molar-refractivity contribution >= 4 is 17.8 Å². The predicted octanol–water partition coefficient (Wildman–Crippen LogP) is 4.10. The van der Waals surface area contributed by atoms with Crippen LogP contribution in [-0.4, -0.2) is 59.3 Å². The van der Waals surface area contributed by atoms with Gasteiger partial charge in [-0.2, -0.15) is 0 Å². The molecule has 0 N–H and O–H groups in total. The molecule has 1 fully saturated rings. The number of Topliss-reactive ketones (excluding diaryl/α,β-unsaturated/α-hetero) is 1. The number of hydrogen-bond acceptors (Lipinski definition) is 3. The number of carbonyl (C=O) groups is 2. The highest BCUT2D eigenvalue weighted by Crippen LogP contribution is 2.23. The predicted molar refractivity (Wildman–Crippen MR) is 120 cm³/mol. The fourth-order valence-corrected chi connectivity index (χ4v) is 4.54. The zero-order valence-corrected chi connectivity index (χ0v) is 18.1. The maximum Gasteiger partial charge on any atom is 0.271 e. The molecule has 164 valence electrons. The summed E-state index contributed by atoms with van der Waals surface area (Å²) >= 11 is 0. The van der Waals surface area contributed by atoms with E-state index in [0.717, 1.165) is 63.1 Å². The van der Waals surface area contributed by atoms with E-state index in [2.05, 4.69) is 9.47 Å². The summed E-state index contributed by atoms with van der Waals surface area (Å²) in [6.45, 7) is 4.33.